The van der Waals surface area contributed by atoms with Crippen LogP contribution in [0.2, 0.25) is 0 Å². The maximum Gasteiger partial charge on any atom is 0.0700 e. The zero-order valence-corrected chi connectivity index (χ0v) is 11.1. The molecule has 1 aliphatic rings. The fraction of sp³-hybridized carbons (Fsp3) is 1.00. The van der Waals surface area contributed by atoms with Gasteiger partial charge < -0.3 is 10.1 Å². The largest absolute Gasteiger partial charge is 0.377 e. The molecule has 0 aliphatic carbocycles. The molecule has 0 amide bonds. The molecule has 0 bridgehead atoms. The third-order valence-corrected chi connectivity index (χ3v) is 4.50. The Morgan fingerprint density at radius 1 is 1.40 bits per heavy atom. The van der Waals surface area contributed by atoms with Crippen LogP contribution in [0.4, 0.5) is 0 Å². The van der Waals surface area contributed by atoms with Gasteiger partial charge in [0.15, 0.2) is 0 Å². The molecule has 1 heterocycles. The summed E-state index contributed by atoms with van der Waals surface area (Å²) < 4.78 is 5.55. The molecule has 0 spiro atoms. The van der Waals surface area contributed by atoms with Crippen LogP contribution >= 0.6 is 11.8 Å². The summed E-state index contributed by atoms with van der Waals surface area (Å²) in [4.78, 5) is 0. The van der Waals surface area contributed by atoms with Gasteiger partial charge in [0, 0.05) is 30.7 Å². The van der Waals surface area contributed by atoms with Gasteiger partial charge in [-0.05, 0) is 18.8 Å². The van der Waals surface area contributed by atoms with Crippen LogP contribution < -0.4 is 5.32 Å². The third kappa shape index (κ3) is 5.79. The average Bonchev–Trinajstić information content (AvgIpc) is 2.69. The highest BCUT2D eigenvalue weighted by Crippen LogP contribution is 2.17. The smallest absolute Gasteiger partial charge is 0.0700 e. The van der Waals surface area contributed by atoms with Gasteiger partial charge in [-0.15, -0.1) is 0 Å². The summed E-state index contributed by atoms with van der Waals surface area (Å²) in [6.07, 6.45) is 2.96. The van der Waals surface area contributed by atoms with Crippen molar-refractivity contribution in [1.29, 1.82) is 0 Å². The van der Waals surface area contributed by atoms with Crippen molar-refractivity contribution in [2.45, 2.75) is 45.0 Å². The molecule has 90 valence electrons. The first-order chi connectivity index (χ1) is 7.20. The first-order valence-corrected chi connectivity index (χ1v) is 7.19. The Bertz CT molecular complexity index is 154. The summed E-state index contributed by atoms with van der Waals surface area (Å²) in [6.45, 7) is 10.0. The summed E-state index contributed by atoms with van der Waals surface area (Å²) in [6, 6.07) is 0. The zero-order valence-electron chi connectivity index (χ0n) is 10.3. The molecule has 1 aliphatic heterocycles. The van der Waals surface area contributed by atoms with E-state index in [0.717, 1.165) is 30.9 Å². The van der Waals surface area contributed by atoms with Gasteiger partial charge in [0.1, 0.15) is 0 Å². The van der Waals surface area contributed by atoms with E-state index >= 15 is 0 Å². The topological polar surface area (TPSA) is 21.3 Å². The number of hydrogen-bond donors (Lipinski definition) is 1. The van der Waals surface area contributed by atoms with Gasteiger partial charge in [-0.1, -0.05) is 20.8 Å². The fourth-order valence-electron chi connectivity index (χ4n) is 1.58. The van der Waals surface area contributed by atoms with E-state index in [0.29, 0.717) is 6.10 Å². The van der Waals surface area contributed by atoms with Crippen LogP contribution in [0.25, 0.3) is 0 Å². The van der Waals surface area contributed by atoms with E-state index in [9.17, 15) is 0 Å². The monoisotopic (exact) mass is 231 g/mol. The van der Waals surface area contributed by atoms with Crippen LogP contribution in [0, 0.1) is 5.92 Å². The first kappa shape index (κ1) is 13.3. The molecule has 0 radical (unpaired) electrons. The normalized spacial score (nSPS) is 23.6. The average molecular weight is 231 g/mol. The zero-order chi connectivity index (χ0) is 11.1. The van der Waals surface area contributed by atoms with Crippen molar-refractivity contribution in [3.05, 3.63) is 0 Å². The van der Waals surface area contributed by atoms with Gasteiger partial charge >= 0.3 is 0 Å². The lowest BCUT2D eigenvalue weighted by Crippen LogP contribution is -2.28. The predicted molar refractivity (Wildman–Crippen MR) is 68.6 cm³/mol. The van der Waals surface area contributed by atoms with E-state index in [1.165, 1.54) is 18.6 Å². The molecule has 1 N–H and O–H groups in total. The lowest BCUT2D eigenvalue weighted by molar-refractivity contribution is 0.110. The number of nitrogens with one attached hydrogen (secondary N) is 1. The second-order valence-corrected chi connectivity index (χ2v) is 6.14. The van der Waals surface area contributed by atoms with Crippen LogP contribution in [0.15, 0.2) is 0 Å². The Balaban J connectivity index is 1.88. The highest BCUT2D eigenvalue weighted by molar-refractivity contribution is 7.99. The second-order valence-electron chi connectivity index (χ2n) is 4.66. The molecule has 1 saturated heterocycles. The number of thioether (sulfide) groups is 1. The molecule has 0 saturated carbocycles. The van der Waals surface area contributed by atoms with Gasteiger partial charge in [0.25, 0.3) is 0 Å². The molecule has 2 atom stereocenters. The summed E-state index contributed by atoms with van der Waals surface area (Å²) in [5, 5.41) is 4.25. The SMILES string of the molecule is CC(C)C(C)SCCNCC1CCCO1. The highest BCUT2D eigenvalue weighted by atomic mass is 32.2. The van der Waals surface area contributed by atoms with Gasteiger partial charge in [-0.2, -0.15) is 11.8 Å². The number of hydrogen-bond acceptors (Lipinski definition) is 3. The van der Waals surface area contributed by atoms with E-state index in [1.807, 2.05) is 0 Å². The number of rotatable bonds is 7. The van der Waals surface area contributed by atoms with Gasteiger partial charge in [0.2, 0.25) is 0 Å². The van der Waals surface area contributed by atoms with Gasteiger partial charge in [-0.3, -0.25) is 0 Å². The van der Waals surface area contributed by atoms with Crippen LogP contribution in [0.3, 0.4) is 0 Å². The molecular formula is C12H25NOS. The minimum atomic E-state index is 0.484. The number of ether oxygens (including phenoxy) is 1. The van der Waals surface area contributed by atoms with Crippen LogP contribution in [-0.2, 0) is 4.74 Å². The summed E-state index contributed by atoms with van der Waals surface area (Å²) in [5.74, 6) is 2.00. The van der Waals surface area contributed by atoms with E-state index in [4.69, 9.17) is 4.74 Å². The molecule has 0 aromatic rings. The molecule has 1 fully saturated rings. The van der Waals surface area contributed by atoms with Crippen molar-refractivity contribution < 1.29 is 4.74 Å². The molecule has 15 heavy (non-hydrogen) atoms. The van der Waals surface area contributed by atoms with Crippen LogP contribution in [0.1, 0.15) is 33.6 Å². The molecule has 0 aromatic heterocycles. The predicted octanol–water partition coefficient (Wildman–Crippen LogP) is 2.53. The van der Waals surface area contributed by atoms with Crippen LogP contribution in [-0.4, -0.2) is 36.8 Å². The summed E-state index contributed by atoms with van der Waals surface area (Å²) >= 11 is 2.06. The summed E-state index contributed by atoms with van der Waals surface area (Å²) in [5.41, 5.74) is 0. The van der Waals surface area contributed by atoms with Crippen molar-refractivity contribution >= 4 is 11.8 Å². The van der Waals surface area contributed by atoms with Crippen LogP contribution in [0.5, 0.6) is 0 Å². The second kappa shape index (κ2) is 7.53. The van der Waals surface area contributed by atoms with E-state index < -0.39 is 0 Å². The maximum atomic E-state index is 5.55. The van der Waals surface area contributed by atoms with Gasteiger partial charge in [-0.25, -0.2) is 0 Å². The first-order valence-electron chi connectivity index (χ1n) is 6.14. The minimum Gasteiger partial charge on any atom is -0.377 e. The van der Waals surface area contributed by atoms with Gasteiger partial charge in [0.05, 0.1) is 6.10 Å². The van der Waals surface area contributed by atoms with Crippen molar-refractivity contribution in [2.24, 2.45) is 5.92 Å². The Kier molecular flexibility index (Phi) is 6.69. The highest BCUT2D eigenvalue weighted by Gasteiger charge is 2.14. The van der Waals surface area contributed by atoms with E-state index in [1.54, 1.807) is 0 Å². The van der Waals surface area contributed by atoms with E-state index in [2.05, 4.69) is 37.8 Å². The molecule has 0 aromatic carbocycles. The Morgan fingerprint density at radius 2 is 2.20 bits per heavy atom. The van der Waals surface area contributed by atoms with Crippen molar-refractivity contribution in [3.63, 3.8) is 0 Å². The molecule has 2 unspecified atom stereocenters. The quantitative estimate of drug-likeness (QED) is 0.680. The Hall–Kier alpha value is 0.270. The maximum absolute atomic E-state index is 5.55. The molecule has 2 nitrogen and oxygen atoms in total. The standard InChI is InChI=1S/C12H25NOS/c1-10(2)11(3)15-8-6-13-9-12-5-4-7-14-12/h10-13H,4-9H2,1-3H3. The Morgan fingerprint density at radius 3 is 2.80 bits per heavy atom. The van der Waals surface area contributed by atoms with Crippen molar-refractivity contribution in [2.75, 3.05) is 25.4 Å². The fourth-order valence-corrected chi connectivity index (χ4v) is 2.60. The molecule has 1 rings (SSSR count). The van der Waals surface area contributed by atoms with Crippen molar-refractivity contribution in [1.82, 2.24) is 5.32 Å². The molecule has 3 heteroatoms. The third-order valence-electron chi connectivity index (χ3n) is 2.99. The Labute approximate surface area is 98.5 Å². The molecular weight excluding hydrogens is 206 g/mol. The lowest BCUT2D eigenvalue weighted by atomic mass is 10.2. The van der Waals surface area contributed by atoms with E-state index in [-0.39, 0.29) is 0 Å². The summed E-state index contributed by atoms with van der Waals surface area (Å²) in [7, 11) is 0. The lowest BCUT2D eigenvalue weighted by Gasteiger charge is -2.15. The van der Waals surface area contributed by atoms with Crippen molar-refractivity contribution in [3.8, 4) is 0 Å². The minimum absolute atomic E-state index is 0.484.